The first kappa shape index (κ1) is 22.2. The summed E-state index contributed by atoms with van der Waals surface area (Å²) in [7, 11) is 1.43. The first-order valence-corrected chi connectivity index (χ1v) is 9.98. The number of carbonyl (C=O) groups is 2. The van der Waals surface area contributed by atoms with Crippen LogP contribution < -0.4 is 20.1 Å². The van der Waals surface area contributed by atoms with E-state index in [0.717, 1.165) is 16.8 Å². The Kier molecular flexibility index (Phi) is 7.15. The van der Waals surface area contributed by atoms with E-state index in [2.05, 4.69) is 0 Å². The van der Waals surface area contributed by atoms with Crippen molar-refractivity contribution in [1.82, 2.24) is 0 Å². The van der Waals surface area contributed by atoms with Crippen LogP contribution in [0.2, 0.25) is 5.02 Å². The van der Waals surface area contributed by atoms with Gasteiger partial charge in [0.2, 0.25) is 0 Å². The summed E-state index contributed by atoms with van der Waals surface area (Å²) in [5.74, 6) is -0.508. The molecule has 0 radical (unpaired) electrons. The molecule has 0 saturated carbocycles. The SMILES string of the molecule is COc1cc(C(=O)N(Cc2ccccc2)c2ccc(C)cc2)cc(Cl)c1OCC(N)=O. The van der Waals surface area contributed by atoms with Gasteiger partial charge in [0.25, 0.3) is 11.8 Å². The van der Waals surface area contributed by atoms with Gasteiger partial charge < -0.3 is 20.1 Å². The molecule has 3 aromatic carbocycles. The van der Waals surface area contributed by atoms with Gasteiger partial charge in [0.15, 0.2) is 18.1 Å². The van der Waals surface area contributed by atoms with Crippen LogP contribution in [0.5, 0.6) is 11.5 Å². The fraction of sp³-hybridized carbons (Fsp3) is 0.167. The van der Waals surface area contributed by atoms with Crippen LogP contribution in [0.3, 0.4) is 0 Å². The smallest absolute Gasteiger partial charge is 0.258 e. The molecule has 160 valence electrons. The van der Waals surface area contributed by atoms with Crippen molar-refractivity contribution >= 4 is 29.1 Å². The first-order chi connectivity index (χ1) is 14.9. The lowest BCUT2D eigenvalue weighted by Crippen LogP contribution is -2.30. The van der Waals surface area contributed by atoms with Gasteiger partial charge in [-0.3, -0.25) is 9.59 Å². The van der Waals surface area contributed by atoms with Crippen LogP contribution in [0.25, 0.3) is 0 Å². The van der Waals surface area contributed by atoms with Gasteiger partial charge in [-0.05, 0) is 36.8 Å². The number of carbonyl (C=O) groups excluding carboxylic acids is 2. The van der Waals surface area contributed by atoms with Crippen LogP contribution in [-0.2, 0) is 11.3 Å². The zero-order chi connectivity index (χ0) is 22.4. The maximum Gasteiger partial charge on any atom is 0.258 e. The summed E-state index contributed by atoms with van der Waals surface area (Å²) in [5, 5.41) is 0.146. The molecule has 0 unspecified atom stereocenters. The second-order valence-corrected chi connectivity index (χ2v) is 7.36. The number of nitrogens with two attached hydrogens (primary N) is 1. The van der Waals surface area contributed by atoms with Crippen molar-refractivity contribution in [2.45, 2.75) is 13.5 Å². The van der Waals surface area contributed by atoms with Crippen molar-refractivity contribution in [3.8, 4) is 11.5 Å². The molecule has 0 spiro atoms. The Bertz CT molecular complexity index is 1070. The van der Waals surface area contributed by atoms with Gasteiger partial charge in [-0.1, -0.05) is 59.6 Å². The predicted molar refractivity (Wildman–Crippen MR) is 121 cm³/mol. The average Bonchev–Trinajstić information content (AvgIpc) is 2.77. The first-order valence-electron chi connectivity index (χ1n) is 9.60. The van der Waals surface area contributed by atoms with Crippen molar-refractivity contribution in [3.63, 3.8) is 0 Å². The monoisotopic (exact) mass is 438 g/mol. The molecule has 31 heavy (non-hydrogen) atoms. The summed E-state index contributed by atoms with van der Waals surface area (Å²) in [4.78, 5) is 26.3. The molecule has 0 bridgehead atoms. The van der Waals surface area contributed by atoms with Crippen LogP contribution in [0.15, 0.2) is 66.7 Å². The number of rotatable bonds is 8. The third-order valence-corrected chi connectivity index (χ3v) is 4.89. The minimum atomic E-state index is -0.647. The van der Waals surface area contributed by atoms with Gasteiger partial charge >= 0.3 is 0 Å². The summed E-state index contributed by atoms with van der Waals surface area (Å²) >= 11 is 6.34. The van der Waals surface area contributed by atoms with E-state index in [1.165, 1.54) is 19.2 Å². The van der Waals surface area contributed by atoms with E-state index >= 15 is 0 Å². The van der Waals surface area contributed by atoms with Crippen molar-refractivity contribution in [2.24, 2.45) is 5.73 Å². The zero-order valence-corrected chi connectivity index (χ0v) is 18.1. The molecule has 0 aliphatic carbocycles. The van der Waals surface area contributed by atoms with Gasteiger partial charge in [-0.2, -0.15) is 0 Å². The van der Waals surface area contributed by atoms with Gasteiger partial charge in [0.1, 0.15) is 0 Å². The Balaban J connectivity index is 1.99. The maximum atomic E-state index is 13.5. The molecular weight excluding hydrogens is 416 g/mol. The van der Waals surface area contributed by atoms with E-state index < -0.39 is 5.91 Å². The summed E-state index contributed by atoms with van der Waals surface area (Å²) in [5.41, 5.74) is 8.29. The minimum Gasteiger partial charge on any atom is -0.493 e. The molecule has 0 atom stereocenters. The second kappa shape index (κ2) is 10.00. The quantitative estimate of drug-likeness (QED) is 0.566. The molecule has 7 heteroatoms. The molecule has 0 fully saturated rings. The molecular formula is C24H23ClN2O4. The van der Waals surface area contributed by atoms with Crippen molar-refractivity contribution in [1.29, 1.82) is 0 Å². The lowest BCUT2D eigenvalue weighted by molar-refractivity contribution is -0.119. The van der Waals surface area contributed by atoms with E-state index in [-0.39, 0.29) is 29.0 Å². The van der Waals surface area contributed by atoms with E-state index in [1.807, 2.05) is 61.5 Å². The Morgan fingerprint density at radius 3 is 2.32 bits per heavy atom. The van der Waals surface area contributed by atoms with Crippen LogP contribution in [0.4, 0.5) is 5.69 Å². The predicted octanol–water partition coefficient (Wildman–Crippen LogP) is 4.37. The molecule has 2 N–H and O–H groups in total. The number of aryl methyl sites for hydroxylation is 1. The summed E-state index contributed by atoms with van der Waals surface area (Å²) in [6.07, 6.45) is 0. The lowest BCUT2D eigenvalue weighted by atomic mass is 10.1. The fourth-order valence-electron chi connectivity index (χ4n) is 3.05. The lowest BCUT2D eigenvalue weighted by Gasteiger charge is -2.24. The molecule has 6 nitrogen and oxygen atoms in total. The maximum absolute atomic E-state index is 13.5. The molecule has 0 heterocycles. The van der Waals surface area contributed by atoms with Crippen molar-refractivity contribution < 1.29 is 19.1 Å². The number of hydrogen-bond donors (Lipinski definition) is 1. The molecule has 0 saturated heterocycles. The number of nitrogens with zero attached hydrogens (tertiary/aromatic N) is 1. The van der Waals surface area contributed by atoms with Crippen LogP contribution >= 0.6 is 11.6 Å². The molecule has 2 amide bonds. The molecule has 3 rings (SSSR count). The third kappa shape index (κ3) is 5.55. The van der Waals surface area contributed by atoms with Gasteiger partial charge in [-0.25, -0.2) is 0 Å². The van der Waals surface area contributed by atoms with Crippen molar-refractivity contribution in [2.75, 3.05) is 18.6 Å². The number of amides is 2. The third-order valence-electron chi connectivity index (χ3n) is 4.61. The summed E-state index contributed by atoms with van der Waals surface area (Å²) in [6.45, 7) is 2.01. The highest BCUT2D eigenvalue weighted by atomic mass is 35.5. The van der Waals surface area contributed by atoms with Gasteiger partial charge in [0.05, 0.1) is 18.7 Å². The van der Waals surface area contributed by atoms with Gasteiger partial charge in [-0.15, -0.1) is 0 Å². The number of halogens is 1. The van der Waals surface area contributed by atoms with E-state index in [1.54, 1.807) is 4.90 Å². The molecule has 0 aliphatic rings. The summed E-state index contributed by atoms with van der Waals surface area (Å²) in [6, 6.07) is 20.5. The van der Waals surface area contributed by atoms with E-state index in [0.29, 0.717) is 12.1 Å². The zero-order valence-electron chi connectivity index (χ0n) is 17.3. The highest BCUT2D eigenvalue weighted by Crippen LogP contribution is 2.37. The number of methoxy groups -OCH3 is 1. The standard InChI is InChI=1S/C24H23ClN2O4/c1-16-8-10-19(11-9-16)27(14-17-6-4-3-5-7-17)24(29)18-12-20(25)23(21(13-18)30-2)31-15-22(26)28/h3-13H,14-15H2,1-2H3,(H2,26,28). The number of anilines is 1. The Morgan fingerprint density at radius 1 is 1.03 bits per heavy atom. The number of primary amides is 1. The fourth-order valence-corrected chi connectivity index (χ4v) is 3.32. The number of ether oxygens (including phenoxy) is 2. The summed E-state index contributed by atoms with van der Waals surface area (Å²) < 4.78 is 10.7. The normalized spacial score (nSPS) is 10.4. The highest BCUT2D eigenvalue weighted by Gasteiger charge is 2.22. The van der Waals surface area contributed by atoms with Crippen LogP contribution in [-0.4, -0.2) is 25.5 Å². The second-order valence-electron chi connectivity index (χ2n) is 6.96. The topological polar surface area (TPSA) is 81.9 Å². The minimum absolute atomic E-state index is 0.146. The highest BCUT2D eigenvalue weighted by molar-refractivity contribution is 6.33. The molecule has 0 aromatic heterocycles. The van der Waals surface area contributed by atoms with Crippen LogP contribution in [0.1, 0.15) is 21.5 Å². The number of hydrogen-bond acceptors (Lipinski definition) is 4. The van der Waals surface area contributed by atoms with Gasteiger partial charge in [0, 0.05) is 11.3 Å². The largest absolute Gasteiger partial charge is 0.493 e. The van der Waals surface area contributed by atoms with Crippen LogP contribution in [0, 0.1) is 6.92 Å². The Hall–Kier alpha value is -3.51. The molecule has 3 aromatic rings. The van der Waals surface area contributed by atoms with Crippen molar-refractivity contribution in [3.05, 3.63) is 88.4 Å². The Labute approximate surface area is 186 Å². The molecule has 0 aliphatic heterocycles. The number of benzene rings is 3. The van der Waals surface area contributed by atoms with E-state index in [9.17, 15) is 9.59 Å². The average molecular weight is 439 g/mol. The Morgan fingerprint density at radius 2 is 1.71 bits per heavy atom. The van der Waals surface area contributed by atoms with E-state index in [4.69, 9.17) is 26.8 Å².